The summed E-state index contributed by atoms with van der Waals surface area (Å²) in [5, 5.41) is 3.39. The van der Waals surface area contributed by atoms with Crippen LogP contribution in [0, 0.1) is 0 Å². The molecule has 10 heteroatoms. The summed E-state index contributed by atoms with van der Waals surface area (Å²) in [6.45, 7) is 9.19. The van der Waals surface area contributed by atoms with Crippen molar-refractivity contribution in [3.05, 3.63) is 89.4 Å². The minimum absolute atomic E-state index is 0.0249. The summed E-state index contributed by atoms with van der Waals surface area (Å²) in [5.74, 6) is -0.307. The second-order valence-corrected chi connectivity index (χ2v) is 12.8. The fourth-order valence-corrected chi connectivity index (χ4v) is 5.94. The summed E-state index contributed by atoms with van der Waals surface area (Å²) in [4.78, 5) is 29.0. The molecule has 2 amide bonds. The third-order valence-corrected chi connectivity index (χ3v) is 8.39. The molecule has 1 atom stereocenters. The van der Waals surface area contributed by atoms with Gasteiger partial charge in [-0.15, -0.1) is 0 Å². The lowest BCUT2D eigenvalue weighted by molar-refractivity contribution is -0.141. The minimum atomic E-state index is -4.15. The molecule has 0 spiro atoms. The van der Waals surface area contributed by atoms with Crippen molar-refractivity contribution in [3.63, 3.8) is 0 Å². The van der Waals surface area contributed by atoms with Gasteiger partial charge in [-0.2, -0.15) is 0 Å². The molecule has 41 heavy (non-hydrogen) atoms. The third kappa shape index (κ3) is 8.47. The van der Waals surface area contributed by atoms with Gasteiger partial charge in [0, 0.05) is 17.1 Å². The van der Waals surface area contributed by atoms with Crippen LogP contribution in [0.15, 0.2) is 83.8 Å². The number of carbonyl (C=O) groups excluding carboxylic acids is 2. The lowest BCUT2D eigenvalue weighted by Crippen LogP contribution is -2.55. The highest BCUT2D eigenvalue weighted by atomic mass is 35.5. The Morgan fingerprint density at radius 1 is 0.927 bits per heavy atom. The zero-order valence-electron chi connectivity index (χ0n) is 24.1. The summed E-state index contributed by atoms with van der Waals surface area (Å²) in [7, 11) is -4.15. The van der Waals surface area contributed by atoms with Gasteiger partial charge in [0.25, 0.3) is 10.0 Å². The van der Waals surface area contributed by atoms with Crippen LogP contribution in [-0.4, -0.2) is 49.9 Å². The Labute approximate surface area is 248 Å². The largest absolute Gasteiger partial charge is 0.494 e. The van der Waals surface area contributed by atoms with Gasteiger partial charge in [0.1, 0.15) is 18.3 Å². The zero-order chi connectivity index (χ0) is 30.2. The van der Waals surface area contributed by atoms with Crippen LogP contribution >= 0.6 is 11.6 Å². The fourth-order valence-electron chi connectivity index (χ4n) is 4.31. The van der Waals surface area contributed by atoms with Gasteiger partial charge < -0.3 is 15.0 Å². The first-order valence-electron chi connectivity index (χ1n) is 13.5. The Bertz CT molecular complexity index is 1420. The van der Waals surface area contributed by atoms with E-state index in [1.54, 1.807) is 66.7 Å². The monoisotopic (exact) mass is 599 g/mol. The molecular weight excluding hydrogens is 562 g/mol. The smallest absolute Gasteiger partial charge is 0.264 e. The molecule has 0 radical (unpaired) electrons. The number of rotatable bonds is 12. The Morgan fingerprint density at radius 3 is 2.10 bits per heavy atom. The molecule has 0 aliphatic carbocycles. The zero-order valence-corrected chi connectivity index (χ0v) is 25.7. The molecule has 3 aromatic carbocycles. The third-order valence-electron chi connectivity index (χ3n) is 6.23. The predicted molar refractivity (Wildman–Crippen MR) is 163 cm³/mol. The molecule has 0 aliphatic rings. The van der Waals surface area contributed by atoms with Crippen LogP contribution in [0.1, 0.15) is 46.6 Å². The van der Waals surface area contributed by atoms with E-state index in [0.717, 1.165) is 4.31 Å². The van der Waals surface area contributed by atoms with Crippen molar-refractivity contribution in [1.82, 2.24) is 10.2 Å². The Hall–Kier alpha value is -3.56. The summed E-state index contributed by atoms with van der Waals surface area (Å²) >= 11 is 6.44. The maximum atomic E-state index is 14.1. The average Bonchev–Trinajstić information content (AvgIpc) is 2.92. The van der Waals surface area contributed by atoms with Gasteiger partial charge in [0.15, 0.2) is 0 Å². The van der Waals surface area contributed by atoms with Gasteiger partial charge in [0.05, 0.1) is 17.2 Å². The van der Waals surface area contributed by atoms with Crippen LogP contribution in [0.2, 0.25) is 5.02 Å². The standard InChI is InChI=1S/C31H38ClN3O5S/c1-6-28(30(37)33-31(3,4)5)34(21-23-13-11-12-16-27(23)32)29(36)22-35(24-17-19-25(20-18-24)40-7-2)41(38,39)26-14-9-8-10-15-26/h8-20,28H,6-7,21-22H2,1-5H3,(H,33,37)/t28-/m1/s1. The second kappa shape index (κ2) is 13.9. The summed E-state index contributed by atoms with van der Waals surface area (Å²) in [6.07, 6.45) is 0.312. The van der Waals surface area contributed by atoms with Crippen molar-refractivity contribution < 1.29 is 22.7 Å². The van der Waals surface area contributed by atoms with Crippen LogP contribution in [-0.2, 0) is 26.2 Å². The van der Waals surface area contributed by atoms with Crippen molar-refractivity contribution in [2.75, 3.05) is 17.5 Å². The average molecular weight is 600 g/mol. The number of sulfonamides is 1. The quantitative estimate of drug-likeness (QED) is 0.290. The Balaban J connectivity index is 2.07. The second-order valence-electron chi connectivity index (χ2n) is 10.5. The molecule has 0 fully saturated rings. The summed E-state index contributed by atoms with van der Waals surface area (Å²) in [6, 6.07) is 20.6. The maximum absolute atomic E-state index is 14.1. The van der Waals surface area contributed by atoms with Crippen LogP contribution < -0.4 is 14.4 Å². The lowest BCUT2D eigenvalue weighted by Gasteiger charge is -2.35. The van der Waals surface area contributed by atoms with E-state index in [0.29, 0.717) is 29.4 Å². The first-order valence-corrected chi connectivity index (χ1v) is 15.3. The van der Waals surface area contributed by atoms with Crippen molar-refractivity contribution >= 4 is 39.1 Å². The topological polar surface area (TPSA) is 96.0 Å². The van der Waals surface area contributed by atoms with Crippen LogP contribution in [0.3, 0.4) is 0 Å². The molecule has 220 valence electrons. The number of nitrogens with zero attached hydrogens (tertiary/aromatic N) is 2. The van der Waals surface area contributed by atoms with E-state index in [1.807, 2.05) is 34.6 Å². The SMILES string of the molecule is CCOc1ccc(N(CC(=O)N(Cc2ccccc2Cl)[C@H](CC)C(=O)NC(C)(C)C)S(=O)(=O)c2ccccc2)cc1. The van der Waals surface area contributed by atoms with E-state index >= 15 is 0 Å². The molecular formula is C31H38ClN3O5S. The molecule has 1 N–H and O–H groups in total. The number of amides is 2. The van der Waals surface area contributed by atoms with Crippen molar-refractivity contribution in [2.45, 2.75) is 64.1 Å². The lowest BCUT2D eigenvalue weighted by atomic mass is 10.1. The molecule has 3 aromatic rings. The first-order chi connectivity index (χ1) is 19.4. The van der Waals surface area contributed by atoms with Crippen molar-refractivity contribution in [2.24, 2.45) is 0 Å². The highest BCUT2D eigenvalue weighted by Crippen LogP contribution is 2.27. The Kier molecular flexibility index (Phi) is 10.8. The van der Waals surface area contributed by atoms with E-state index in [1.165, 1.54) is 17.0 Å². The number of carbonyl (C=O) groups is 2. The van der Waals surface area contributed by atoms with Gasteiger partial charge in [-0.1, -0.05) is 54.9 Å². The molecule has 0 aliphatic heterocycles. The molecule has 0 heterocycles. The molecule has 0 unspecified atom stereocenters. The normalized spacial score (nSPS) is 12.3. The van der Waals surface area contributed by atoms with Gasteiger partial charge in [-0.05, 0) is 82.1 Å². The molecule has 3 rings (SSSR count). The molecule has 0 saturated carbocycles. The molecule has 0 aromatic heterocycles. The van der Waals surface area contributed by atoms with E-state index in [4.69, 9.17) is 16.3 Å². The van der Waals surface area contributed by atoms with E-state index in [9.17, 15) is 18.0 Å². The van der Waals surface area contributed by atoms with Gasteiger partial charge in [-0.25, -0.2) is 8.42 Å². The Morgan fingerprint density at radius 2 is 1.54 bits per heavy atom. The molecule has 8 nitrogen and oxygen atoms in total. The fraction of sp³-hybridized carbons (Fsp3) is 0.355. The van der Waals surface area contributed by atoms with E-state index in [-0.39, 0.29) is 23.0 Å². The number of benzene rings is 3. The van der Waals surface area contributed by atoms with Crippen molar-refractivity contribution in [1.29, 1.82) is 0 Å². The highest BCUT2D eigenvalue weighted by molar-refractivity contribution is 7.92. The number of nitrogens with one attached hydrogen (secondary N) is 1. The molecule has 0 bridgehead atoms. The van der Waals surface area contributed by atoms with Gasteiger partial charge in [-0.3, -0.25) is 13.9 Å². The number of ether oxygens (including phenoxy) is 1. The van der Waals surface area contributed by atoms with E-state index in [2.05, 4.69) is 5.32 Å². The van der Waals surface area contributed by atoms with Crippen molar-refractivity contribution in [3.8, 4) is 5.75 Å². The highest BCUT2D eigenvalue weighted by Gasteiger charge is 2.34. The minimum Gasteiger partial charge on any atom is -0.494 e. The summed E-state index contributed by atoms with van der Waals surface area (Å²) < 4.78 is 34.4. The number of halogens is 1. The predicted octanol–water partition coefficient (Wildman–Crippen LogP) is 5.66. The maximum Gasteiger partial charge on any atom is 0.264 e. The number of anilines is 1. The van der Waals surface area contributed by atoms with Gasteiger partial charge >= 0.3 is 0 Å². The van der Waals surface area contributed by atoms with Gasteiger partial charge in [0.2, 0.25) is 11.8 Å². The van der Waals surface area contributed by atoms with E-state index < -0.39 is 34.1 Å². The van der Waals surface area contributed by atoms with Crippen LogP contribution in [0.25, 0.3) is 0 Å². The number of hydrogen-bond donors (Lipinski definition) is 1. The van der Waals surface area contributed by atoms with Crippen LogP contribution in [0.5, 0.6) is 5.75 Å². The van der Waals surface area contributed by atoms with Crippen LogP contribution in [0.4, 0.5) is 5.69 Å². The first kappa shape index (κ1) is 32.0. The molecule has 0 saturated heterocycles. The number of hydrogen-bond acceptors (Lipinski definition) is 5. The summed E-state index contributed by atoms with van der Waals surface area (Å²) in [5.41, 5.74) is 0.396.